The van der Waals surface area contributed by atoms with Gasteiger partial charge in [-0.2, -0.15) is 0 Å². The van der Waals surface area contributed by atoms with Crippen molar-refractivity contribution < 1.29 is 28.6 Å². The maximum Gasteiger partial charge on any atom is 0.337 e. The zero-order valence-electron chi connectivity index (χ0n) is 19.5. The van der Waals surface area contributed by atoms with Crippen molar-refractivity contribution in [2.45, 2.75) is 37.8 Å². The van der Waals surface area contributed by atoms with Crippen molar-refractivity contribution >= 4 is 23.3 Å². The van der Waals surface area contributed by atoms with Gasteiger partial charge < -0.3 is 25.3 Å². The van der Waals surface area contributed by atoms with E-state index in [0.29, 0.717) is 29.7 Å². The number of methoxy groups -OCH3 is 3. The topological polar surface area (TPSA) is 120 Å². The molecule has 3 heterocycles. The molecule has 1 spiro atoms. The number of ketones is 1. The second-order valence-corrected chi connectivity index (χ2v) is 8.93. The first kappa shape index (κ1) is 23.1. The summed E-state index contributed by atoms with van der Waals surface area (Å²) in [6.07, 6.45) is 3.57. The summed E-state index contributed by atoms with van der Waals surface area (Å²) in [5, 5.41) is 3.48. The number of carbonyl (C=O) groups is 3. The highest BCUT2D eigenvalue weighted by Gasteiger charge is 2.60. The average Bonchev–Trinajstić information content (AvgIpc) is 3.32. The molecule has 0 aromatic heterocycles. The number of carbonyl (C=O) groups excluding carboxylic acids is 3. The van der Waals surface area contributed by atoms with Gasteiger partial charge in [0.25, 0.3) is 5.91 Å². The number of benzene rings is 1. The average molecular weight is 458 g/mol. The number of nitrogens with one attached hydrogen (secondary N) is 1. The molecule has 4 atom stereocenters. The number of fused-ring (bicyclic) bond motifs is 3. The lowest BCUT2D eigenvalue weighted by Gasteiger charge is -2.45. The summed E-state index contributed by atoms with van der Waals surface area (Å²) in [6.45, 7) is 3.63. The highest BCUT2D eigenvalue weighted by Crippen LogP contribution is 2.51. The van der Waals surface area contributed by atoms with Gasteiger partial charge in [-0.1, -0.05) is 13.3 Å². The molecule has 0 radical (unpaired) electrons. The van der Waals surface area contributed by atoms with Gasteiger partial charge in [0.1, 0.15) is 11.3 Å². The lowest BCUT2D eigenvalue weighted by Crippen LogP contribution is -2.57. The first-order valence-electron chi connectivity index (χ1n) is 11.2. The Kier molecular flexibility index (Phi) is 6.09. The summed E-state index contributed by atoms with van der Waals surface area (Å²) in [5.41, 5.74) is 6.32. The normalized spacial score (nSPS) is 28.8. The number of anilines is 1. The van der Waals surface area contributed by atoms with Gasteiger partial charge >= 0.3 is 5.97 Å². The number of amides is 1. The van der Waals surface area contributed by atoms with Crippen LogP contribution in [-0.2, 0) is 14.3 Å². The van der Waals surface area contributed by atoms with Gasteiger partial charge in [-0.05, 0) is 36.8 Å². The molecule has 1 aromatic carbocycles. The minimum absolute atomic E-state index is 0.103. The van der Waals surface area contributed by atoms with Crippen molar-refractivity contribution in [1.82, 2.24) is 4.90 Å². The van der Waals surface area contributed by atoms with E-state index in [9.17, 15) is 14.4 Å². The molecule has 0 aliphatic carbocycles. The summed E-state index contributed by atoms with van der Waals surface area (Å²) in [7, 11) is 4.31. The van der Waals surface area contributed by atoms with E-state index in [1.165, 1.54) is 27.6 Å². The van der Waals surface area contributed by atoms with Crippen LogP contribution in [0.15, 0.2) is 24.0 Å². The summed E-state index contributed by atoms with van der Waals surface area (Å²) >= 11 is 0. The van der Waals surface area contributed by atoms with Crippen molar-refractivity contribution in [3.8, 4) is 5.75 Å². The van der Waals surface area contributed by atoms with Gasteiger partial charge in [-0.25, -0.2) is 4.79 Å². The van der Waals surface area contributed by atoms with Gasteiger partial charge in [-0.15, -0.1) is 0 Å². The molecule has 3 aliphatic rings. The Hall–Kier alpha value is -3.07. The maximum absolute atomic E-state index is 13.9. The third-order valence-corrected chi connectivity index (χ3v) is 7.53. The number of esters is 1. The van der Waals surface area contributed by atoms with E-state index < -0.39 is 17.4 Å². The van der Waals surface area contributed by atoms with Gasteiger partial charge in [-0.3, -0.25) is 14.5 Å². The predicted octanol–water partition coefficient (Wildman–Crippen LogP) is 1.96. The van der Waals surface area contributed by atoms with Crippen LogP contribution < -0.4 is 15.8 Å². The highest BCUT2D eigenvalue weighted by atomic mass is 16.5. The Morgan fingerprint density at radius 1 is 1.30 bits per heavy atom. The van der Waals surface area contributed by atoms with E-state index in [1.807, 2.05) is 0 Å². The van der Waals surface area contributed by atoms with Crippen molar-refractivity contribution in [1.29, 1.82) is 0 Å². The second-order valence-electron chi connectivity index (χ2n) is 8.93. The maximum atomic E-state index is 13.9. The lowest BCUT2D eigenvalue weighted by molar-refractivity contribution is -0.137. The van der Waals surface area contributed by atoms with E-state index in [2.05, 4.69) is 17.1 Å². The molecule has 3 aliphatic heterocycles. The molecule has 2 saturated heterocycles. The smallest absolute Gasteiger partial charge is 0.337 e. The van der Waals surface area contributed by atoms with Gasteiger partial charge in [0.15, 0.2) is 5.78 Å². The zero-order valence-corrected chi connectivity index (χ0v) is 19.5. The van der Waals surface area contributed by atoms with Crippen molar-refractivity contribution in [2.75, 3.05) is 39.7 Å². The number of Topliss-reactive ketones (excluding diaryl/α,β-unsaturated/α-hetero) is 1. The molecule has 2 fully saturated rings. The Morgan fingerprint density at radius 2 is 2.06 bits per heavy atom. The highest BCUT2D eigenvalue weighted by molar-refractivity contribution is 6.18. The quantitative estimate of drug-likeness (QED) is 0.378. The number of hydrogen-bond donors (Lipinski definition) is 2. The number of primary amides is 1. The van der Waals surface area contributed by atoms with Crippen molar-refractivity contribution in [2.24, 2.45) is 17.6 Å². The number of ether oxygens (including phenoxy) is 3. The molecule has 3 N–H and O–H groups in total. The first-order valence-corrected chi connectivity index (χ1v) is 11.2. The lowest BCUT2D eigenvalue weighted by atomic mass is 9.72. The van der Waals surface area contributed by atoms with Crippen LogP contribution >= 0.6 is 0 Å². The number of nitrogens with zero attached hydrogens (tertiary/aromatic N) is 1. The fraction of sp³-hybridized carbons (Fsp3) is 0.542. The number of hydrogen-bond acceptors (Lipinski definition) is 8. The van der Waals surface area contributed by atoms with Crippen LogP contribution in [0, 0.1) is 11.8 Å². The molecule has 4 rings (SSSR count). The second kappa shape index (κ2) is 8.70. The molecule has 9 nitrogen and oxygen atoms in total. The Morgan fingerprint density at radius 3 is 2.67 bits per heavy atom. The Balaban J connectivity index is 1.74. The van der Waals surface area contributed by atoms with Crippen LogP contribution in [0.2, 0.25) is 0 Å². The van der Waals surface area contributed by atoms with E-state index in [4.69, 9.17) is 19.9 Å². The minimum Gasteiger partial charge on any atom is -0.504 e. The number of piperidine rings is 1. The zero-order chi connectivity index (χ0) is 23.9. The number of rotatable bonds is 6. The van der Waals surface area contributed by atoms with Gasteiger partial charge in [0.05, 0.1) is 44.3 Å². The molecular weight excluding hydrogens is 426 g/mol. The van der Waals surface area contributed by atoms with E-state index in [1.54, 1.807) is 12.1 Å². The molecule has 1 aromatic rings. The fourth-order valence-electron chi connectivity index (χ4n) is 5.96. The van der Waals surface area contributed by atoms with Gasteiger partial charge in [0, 0.05) is 24.8 Å². The van der Waals surface area contributed by atoms with Crippen molar-refractivity contribution in [3.63, 3.8) is 0 Å². The third kappa shape index (κ3) is 3.45. The van der Waals surface area contributed by atoms with Crippen molar-refractivity contribution in [3.05, 3.63) is 35.1 Å². The molecule has 9 heteroatoms. The summed E-state index contributed by atoms with van der Waals surface area (Å²) in [4.78, 5) is 40.7. The largest absolute Gasteiger partial charge is 0.504 e. The molecule has 33 heavy (non-hydrogen) atoms. The van der Waals surface area contributed by atoms with Crippen LogP contribution in [0.3, 0.4) is 0 Å². The standard InChI is InChI=1S/C24H31N3O6/c1-5-13-11-27-9-8-24(18(27)10-15(13)16(12-31-2)23(30)33-4)21(28)19-17(26-24)7-6-14(22(25)29)20(19)32-3/h6-7,12-13,15,18,26H,5,8-11H2,1-4H3,(H2,25,29)/b16-12+/t13-,15+,18+,24+/m1/s1. The summed E-state index contributed by atoms with van der Waals surface area (Å²) in [6, 6.07) is 3.16. The molecule has 0 bridgehead atoms. The SMILES string of the molecule is CC[C@@H]1CN2CC[C@]3(Nc4ccc(C(N)=O)c(OC)c4C3=O)[C@@H]2C[C@@H]1/C(=C\OC)C(=O)OC. The van der Waals surface area contributed by atoms with Crippen LogP contribution in [0.5, 0.6) is 5.75 Å². The predicted molar refractivity (Wildman–Crippen MR) is 121 cm³/mol. The number of nitrogens with two attached hydrogens (primary N) is 1. The Labute approximate surface area is 193 Å². The monoisotopic (exact) mass is 457 g/mol. The van der Waals surface area contributed by atoms with Crippen LogP contribution in [0.1, 0.15) is 46.9 Å². The van der Waals surface area contributed by atoms with E-state index >= 15 is 0 Å². The molecule has 0 saturated carbocycles. The first-order chi connectivity index (χ1) is 15.8. The summed E-state index contributed by atoms with van der Waals surface area (Å²) < 4.78 is 15.7. The van der Waals surface area contributed by atoms with Crippen LogP contribution in [-0.4, -0.2) is 68.6 Å². The fourth-order valence-corrected chi connectivity index (χ4v) is 5.96. The molecular formula is C24H31N3O6. The third-order valence-electron chi connectivity index (χ3n) is 7.53. The molecule has 1 amide bonds. The molecule has 0 unspecified atom stereocenters. The summed E-state index contributed by atoms with van der Waals surface area (Å²) in [5.74, 6) is -0.836. The molecule has 178 valence electrons. The van der Waals surface area contributed by atoms with Crippen LogP contribution in [0.4, 0.5) is 5.69 Å². The minimum atomic E-state index is -0.864. The van der Waals surface area contributed by atoms with E-state index in [0.717, 1.165) is 19.5 Å². The van der Waals surface area contributed by atoms with E-state index in [-0.39, 0.29) is 35.0 Å². The van der Waals surface area contributed by atoms with Crippen LogP contribution in [0.25, 0.3) is 0 Å². The van der Waals surface area contributed by atoms with Gasteiger partial charge in [0.2, 0.25) is 0 Å². The Bertz CT molecular complexity index is 1020.